The molecule has 0 saturated carbocycles. The van der Waals surface area contributed by atoms with Gasteiger partial charge in [0.2, 0.25) is 5.91 Å². The average Bonchev–Trinajstić information content (AvgIpc) is 2.39. The summed E-state index contributed by atoms with van der Waals surface area (Å²) in [6.45, 7) is 8.82. The van der Waals surface area contributed by atoms with Crippen molar-refractivity contribution in [1.82, 2.24) is 10.6 Å². The van der Waals surface area contributed by atoms with Crippen molar-refractivity contribution in [2.75, 3.05) is 19.7 Å². The molecule has 0 radical (unpaired) electrons. The Morgan fingerprint density at radius 1 is 1.33 bits per heavy atom. The van der Waals surface area contributed by atoms with Crippen LogP contribution in [-0.4, -0.2) is 37.2 Å². The largest absolute Gasteiger partial charge is 0.375 e. The molecule has 1 rings (SSSR count). The van der Waals surface area contributed by atoms with E-state index in [9.17, 15) is 4.79 Å². The SMILES string of the molecule is CCNCCC(=O)NC1CCOC(CC)(CC)C1. The van der Waals surface area contributed by atoms with Crippen LogP contribution in [0.5, 0.6) is 0 Å². The van der Waals surface area contributed by atoms with Crippen molar-refractivity contribution in [2.24, 2.45) is 0 Å². The highest BCUT2D eigenvalue weighted by Crippen LogP contribution is 2.31. The molecule has 0 spiro atoms. The first kappa shape index (κ1) is 15.4. The summed E-state index contributed by atoms with van der Waals surface area (Å²) in [5, 5.41) is 6.31. The minimum Gasteiger partial charge on any atom is -0.375 e. The van der Waals surface area contributed by atoms with E-state index in [2.05, 4.69) is 24.5 Å². The third-order valence-electron chi connectivity index (χ3n) is 3.93. The summed E-state index contributed by atoms with van der Waals surface area (Å²) in [4.78, 5) is 11.8. The van der Waals surface area contributed by atoms with Crippen molar-refractivity contribution >= 4 is 5.91 Å². The van der Waals surface area contributed by atoms with Crippen molar-refractivity contribution < 1.29 is 9.53 Å². The number of nitrogens with one attached hydrogen (secondary N) is 2. The summed E-state index contributed by atoms with van der Waals surface area (Å²) in [5.74, 6) is 0.156. The van der Waals surface area contributed by atoms with Gasteiger partial charge in [-0.1, -0.05) is 20.8 Å². The van der Waals surface area contributed by atoms with Gasteiger partial charge in [0, 0.05) is 25.6 Å². The van der Waals surface area contributed by atoms with Gasteiger partial charge in [-0.2, -0.15) is 0 Å². The average molecular weight is 256 g/mol. The third-order valence-corrected chi connectivity index (χ3v) is 3.93. The van der Waals surface area contributed by atoms with Crippen molar-refractivity contribution in [3.05, 3.63) is 0 Å². The van der Waals surface area contributed by atoms with E-state index in [-0.39, 0.29) is 17.6 Å². The van der Waals surface area contributed by atoms with Crippen LogP contribution in [0.4, 0.5) is 0 Å². The molecule has 0 aliphatic carbocycles. The molecular formula is C14H28N2O2. The molecule has 2 N–H and O–H groups in total. The van der Waals surface area contributed by atoms with Crippen LogP contribution in [0.2, 0.25) is 0 Å². The van der Waals surface area contributed by atoms with Crippen LogP contribution < -0.4 is 10.6 Å². The second-order valence-electron chi connectivity index (χ2n) is 5.10. The quantitative estimate of drug-likeness (QED) is 0.683. The van der Waals surface area contributed by atoms with Gasteiger partial charge in [0.15, 0.2) is 0 Å². The number of hydrogen-bond acceptors (Lipinski definition) is 3. The minimum absolute atomic E-state index is 0.0160. The van der Waals surface area contributed by atoms with Gasteiger partial charge in [-0.3, -0.25) is 4.79 Å². The van der Waals surface area contributed by atoms with E-state index in [1.807, 2.05) is 6.92 Å². The van der Waals surface area contributed by atoms with Crippen molar-refractivity contribution in [1.29, 1.82) is 0 Å². The van der Waals surface area contributed by atoms with Gasteiger partial charge in [-0.25, -0.2) is 0 Å². The van der Waals surface area contributed by atoms with Crippen LogP contribution in [0, 0.1) is 0 Å². The zero-order chi connectivity index (χ0) is 13.4. The highest BCUT2D eigenvalue weighted by molar-refractivity contribution is 5.76. The topological polar surface area (TPSA) is 50.4 Å². The van der Waals surface area contributed by atoms with Gasteiger partial charge in [0.25, 0.3) is 0 Å². The van der Waals surface area contributed by atoms with Gasteiger partial charge < -0.3 is 15.4 Å². The molecule has 1 unspecified atom stereocenters. The summed E-state index contributed by atoms with van der Waals surface area (Å²) in [5.41, 5.74) is -0.0160. The van der Waals surface area contributed by atoms with Crippen LogP contribution in [-0.2, 0) is 9.53 Å². The lowest BCUT2D eigenvalue weighted by Gasteiger charge is -2.40. The predicted octanol–water partition coefficient (Wildman–Crippen LogP) is 1.84. The van der Waals surface area contributed by atoms with Crippen LogP contribution in [0.15, 0.2) is 0 Å². The maximum Gasteiger partial charge on any atom is 0.221 e. The summed E-state index contributed by atoms with van der Waals surface area (Å²) in [7, 11) is 0. The molecule has 1 aliphatic rings. The van der Waals surface area contributed by atoms with Crippen LogP contribution in [0.1, 0.15) is 52.9 Å². The molecule has 1 fully saturated rings. The Morgan fingerprint density at radius 2 is 2.06 bits per heavy atom. The Hall–Kier alpha value is -0.610. The van der Waals surface area contributed by atoms with Crippen molar-refractivity contribution in [3.63, 3.8) is 0 Å². The Balaban J connectivity index is 2.35. The zero-order valence-corrected chi connectivity index (χ0v) is 12.1. The van der Waals surface area contributed by atoms with E-state index in [0.29, 0.717) is 6.42 Å². The van der Waals surface area contributed by atoms with Gasteiger partial charge in [-0.15, -0.1) is 0 Å². The second kappa shape index (κ2) is 7.74. The third kappa shape index (κ3) is 4.58. The summed E-state index contributed by atoms with van der Waals surface area (Å²) in [6.07, 6.45) is 4.50. The molecular weight excluding hydrogens is 228 g/mol. The molecule has 1 amide bonds. The van der Waals surface area contributed by atoms with E-state index in [0.717, 1.165) is 45.4 Å². The highest BCUT2D eigenvalue weighted by atomic mass is 16.5. The number of carbonyl (C=O) groups excluding carboxylic acids is 1. The van der Waals surface area contributed by atoms with E-state index in [1.54, 1.807) is 0 Å². The lowest BCUT2D eigenvalue weighted by Crippen LogP contribution is -2.48. The summed E-state index contributed by atoms with van der Waals surface area (Å²) >= 11 is 0. The fourth-order valence-corrected chi connectivity index (χ4v) is 2.57. The van der Waals surface area contributed by atoms with Crippen molar-refractivity contribution in [2.45, 2.75) is 64.5 Å². The molecule has 4 nitrogen and oxygen atoms in total. The lowest BCUT2D eigenvalue weighted by atomic mass is 9.86. The molecule has 0 aromatic rings. The maximum atomic E-state index is 11.8. The Labute approximate surface area is 111 Å². The zero-order valence-electron chi connectivity index (χ0n) is 12.1. The number of ether oxygens (including phenoxy) is 1. The Kier molecular flexibility index (Phi) is 6.65. The Bertz CT molecular complexity index is 252. The second-order valence-corrected chi connectivity index (χ2v) is 5.10. The molecule has 106 valence electrons. The molecule has 0 aromatic heterocycles. The number of amides is 1. The molecule has 0 bridgehead atoms. The number of rotatable bonds is 7. The van der Waals surface area contributed by atoms with E-state index in [4.69, 9.17) is 4.74 Å². The Morgan fingerprint density at radius 3 is 2.67 bits per heavy atom. The molecule has 4 heteroatoms. The predicted molar refractivity (Wildman–Crippen MR) is 73.6 cm³/mol. The standard InChI is InChI=1S/C14H28N2O2/c1-4-14(5-2)11-12(8-10-18-14)16-13(17)7-9-15-6-3/h12,15H,4-11H2,1-3H3,(H,16,17). The van der Waals surface area contributed by atoms with E-state index < -0.39 is 0 Å². The summed E-state index contributed by atoms with van der Waals surface area (Å²) in [6, 6.07) is 0.285. The molecule has 1 atom stereocenters. The molecule has 0 aromatic carbocycles. The molecule has 1 saturated heterocycles. The minimum atomic E-state index is -0.0160. The summed E-state index contributed by atoms with van der Waals surface area (Å²) < 4.78 is 5.91. The molecule has 1 heterocycles. The first-order valence-corrected chi connectivity index (χ1v) is 7.29. The number of hydrogen-bond donors (Lipinski definition) is 2. The van der Waals surface area contributed by atoms with E-state index >= 15 is 0 Å². The smallest absolute Gasteiger partial charge is 0.221 e. The first-order chi connectivity index (χ1) is 8.65. The van der Waals surface area contributed by atoms with Gasteiger partial charge >= 0.3 is 0 Å². The fourth-order valence-electron chi connectivity index (χ4n) is 2.57. The highest BCUT2D eigenvalue weighted by Gasteiger charge is 2.34. The van der Waals surface area contributed by atoms with Crippen molar-refractivity contribution in [3.8, 4) is 0 Å². The van der Waals surface area contributed by atoms with Gasteiger partial charge in [-0.05, 0) is 32.2 Å². The van der Waals surface area contributed by atoms with E-state index in [1.165, 1.54) is 0 Å². The molecule has 18 heavy (non-hydrogen) atoms. The lowest BCUT2D eigenvalue weighted by molar-refractivity contribution is -0.126. The van der Waals surface area contributed by atoms with Crippen LogP contribution in [0.3, 0.4) is 0 Å². The normalized spacial score (nSPS) is 22.7. The van der Waals surface area contributed by atoms with Crippen LogP contribution in [0.25, 0.3) is 0 Å². The first-order valence-electron chi connectivity index (χ1n) is 7.29. The van der Waals surface area contributed by atoms with Gasteiger partial charge in [0.05, 0.1) is 5.60 Å². The monoisotopic (exact) mass is 256 g/mol. The molecule has 1 aliphatic heterocycles. The maximum absolute atomic E-state index is 11.8. The van der Waals surface area contributed by atoms with Gasteiger partial charge in [0.1, 0.15) is 0 Å². The fraction of sp³-hybridized carbons (Fsp3) is 0.929. The number of carbonyl (C=O) groups is 1. The van der Waals surface area contributed by atoms with Crippen LogP contribution >= 0.6 is 0 Å².